The standard InChI is InChI=1S/C46H88O6/c1-6-8-9-10-11-12-13-14-15-16-17-18-19-26-31-36-44(47)50-39-43(52-46(49)38-33-28-22-20-24-29-34-41(3)4)40-51-45(48)37-32-27-23-21-25-30-35-42(5)7-2/h41-43H,6-40H2,1-5H3/t42?,43-/m1/s1. The molecule has 1 unspecified atom stereocenters. The highest BCUT2D eigenvalue weighted by molar-refractivity contribution is 5.71. The van der Waals surface area contributed by atoms with Crippen LogP contribution in [0.25, 0.3) is 0 Å². The summed E-state index contributed by atoms with van der Waals surface area (Å²) in [6.45, 7) is 11.2. The first-order valence-electron chi connectivity index (χ1n) is 22.8. The molecule has 0 saturated heterocycles. The van der Waals surface area contributed by atoms with Crippen molar-refractivity contribution >= 4 is 17.9 Å². The Labute approximate surface area is 323 Å². The third-order valence-electron chi connectivity index (χ3n) is 10.6. The summed E-state index contributed by atoms with van der Waals surface area (Å²) >= 11 is 0. The monoisotopic (exact) mass is 737 g/mol. The maximum atomic E-state index is 12.7. The second-order valence-electron chi connectivity index (χ2n) is 16.4. The Balaban J connectivity index is 4.29. The van der Waals surface area contributed by atoms with Crippen molar-refractivity contribution in [2.75, 3.05) is 13.2 Å². The summed E-state index contributed by atoms with van der Waals surface area (Å²) in [7, 11) is 0. The molecule has 0 bridgehead atoms. The van der Waals surface area contributed by atoms with E-state index in [-0.39, 0.29) is 31.1 Å². The minimum Gasteiger partial charge on any atom is -0.462 e. The van der Waals surface area contributed by atoms with Crippen molar-refractivity contribution in [3.8, 4) is 0 Å². The number of hydrogen-bond donors (Lipinski definition) is 0. The Hall–Kier alpha value is -1.59. The van der Waals surface area contributed by atoms with Gasteiger partial charge in [-0.05, 0) is 31.1 Å². The van der Waals surface area contributed by atoms with Gasteiger partial charge < -0.3 is 14.2 Å². The number of unbranched alkanes of at least 4 members (excludes halogenated alkanes) is 24. The number of ether oxygens (including phenoxy) is 3. The van der Waals surface area contributed by atoms with Crippen LogP contribution in [0.4, 0.5) is 0 Å². The van der Waals surface area contributed by atoms with Gasteiger partial charge in [0.1, 0.15) is 13.2 Å². The van der Waals surface area contributed by atoms with E-state index >= 15 is 0 Å². The van der Waals surface area contributed by atoms with Crippen molar-refractivity contribution in [3.63, 3.8) is 0 Å². The normalized spacial score (nSPS) is 12.6. The molecular weight excluding hydrogens is 648 g/mol. The lowest BCUT2D eigenvalue weighted by molar-refractivity contribution is -0.167. The summed E-state index contributed by atoms with van der Waals surface area (Å²) in [6, 6.07) is 0. The fraction of sp³-hybridized carbons (Fsp3) is 0.935. The molecule has 0 aromatic carbocycles. The molecule has 0 radical (unpaired) electrons. The molecule has 0 heterocycles. The number of carbonyl (C=O) groups excluding carboxylic acids is 3. The van der Waals surface area contributed by atoms with Crippen molar-refractivity contribution < 1.29 is 28.6 Å². The molecule has 0 saturated carbocycles. The Morgan fingerprint density at radius 3 is 1.10 bits per heavy atom. The number of rotatable bonds is 40. The van der Waals surface area contributed by atoms with Crippen LogP contribution < -0.4 is 0 Å². The van der Waals surface area contributed by atoms with Crippen LogP contribution in [0, 0.1) is 11.8 Å². The summed E-state index contributed by atoms with van der Waals surface area (Å²) in [6.07, 6.45) is 36.7. The molecule has 0 aromatic heterocycles. The smallest absolute Gasteiger partial charge is 0.306 e. The van der Waals surface area contributed by atoms with Gasteiger partial charge in [-0.1, -0.05) is 208 Å². The van der Waals surface area contributed by atoms with E-state index < -0.39 is 6.10 Å². The molecule has 0 aliphatic heterocycles. The van der Waals surface area contributed by atoms with E-state index in [2.05, 4.69) is 34.6 Å². The van der Waals surface area contributed by atoms with E-state index in [4.69, 9.17) is 14.2 Å². The number of esters is 3. The molecule has 308 valence electrons. The Kier molecular flexibility index (Phi) is 37.9. The second kappa shape index (κ2) is 39.1. The summed E-state index contributed by atoms with van der Waals surface area (Å²) in [5, 5.41) is 0. The van der Waals surface area contributed by atoms with Crippen molar-refractivity contribution in [1.29, 1.82) is 0 Å². The molecular formula is C46H88O6. The first-order chi connectivity index (χ1) is 25.3. The van der Waals surface area contributed by atoms with Gasteiger partial charge in [-0.25, -0.2) is 0 Å². The van der Waals surface area contributed by atoms with Crippen molar-refractivity contribution in [2.24, 2.45) is 11.8 Å². The van der Waals surface area contributed by atoms with Crippen molar-refractivity contribution in [3.05, 3.63) is 0 Å². The first-order valence-corrected chi connectivity index (χ1v) is 22.8. The zero-order valence-electron chi connectivity index (χ0n) is 35.4. The SMILES string of the molecule is CCCCCCCCCCCCCCCCCC(=O)OC[C@H](COC(=O)CCCCCCCCC(C)CC)OC(=O)CCCCCCCCC(C)C. The lowest BCUT2D eigenvalue weighted by Crippen LogP contribution is -2.30. The van der Waals surface area contributed by atoms with Crippen LogP contribution in [0.15, 0.2) is 0 Å². The van der Waals surface area contributed by atoms with Gasteiger partial charge in [-0.15, -0.1) is 0 Å². The third kappa shape index (κ3) is 38.1. The molecule has 0 fully saturated rings. The Morgan fingerprint density at radius 2 is 0.731 bits per heavy atom. The number of carbonyl (C=O) groups is 3. The third-order valence-corrected chi connectivity index (χ3v) is 10.6. The molecule has 6 heteroatoms. The molecule has 0 N–H and O–H groups in total. The lowest BCUT2D eigenvalue weighted by atomic mass is 10.00. The Bertz CT molecular complexity index is 796. The van der Waals surface area contributed by atoms with E-state index in [1.807, 2.05) is 0 Å². The molecule has 0 spiro atoms. The van der Waals surface area contributed by atoms with Crippen molar-refractivity contribution in [1.82, 2.24) is 0 Å². The minimum absolute atomic E-state index is 0.0664. The quantitative estimate of drug-likeness (QED) is 0.0354. The van der Waals surface area contributed by atoms with Gasteiger partial charge in [0, 0.05) is 19.3 Å². The van der Waals surface area contributed by atoms with Gasteiger partial charge >= 0.3 is 17.9 Å². The molecule has 0 aliphatic carbocycles. The summed E-state index contributed by atoms with van der Waals surface area (Å²) in [5.41, 5.74) is 0. The van der Waals surface area contributed by atoms with Gasteiger partial charge in [-0.2, -0.15) is 0 Å². The molecule has 0 aromatic rings. The zero-order valence-corrected chi connectivity index (χ0v) is 35.4. The van der Waals surface area contributed by atoms with Gasteiger partial charge in [0.25, 0.3) is 0 Å². The fourth-order valence-corrected chi connectivity index (χ4v) is 6.72. The summed E-state index contributed by atoms with van der Waals surface area (Å²) in [5.74, 6) is 0.708. The molecule has 6 nitrogen and oxygen atoms in total. The van der Waals surface area contributed by atoms with E-state index in [0.29, 0.717) is 19.3 Å². The predicted octanol–water partition coefficient (Wildman–Crippen LogP) is 14.2. The largest absolute Gasteiger partial charge is 0.462 e. The van der Waals surface area contributed by atoms with Gasteiger partial charge in [-0.3, -0.25) is 14.4 Å². The molecule has 52 heavy (non-hydrogen) atoms. The summed E-state index contributed by atoms with van der Waals surface area (Å²) in [4.78, 5) is 37.6. The number of hydrogen-bond acceptors (Lipinski definition) is 6. The highest BCUT2D eigenvalue weighted by atomic mass is 16.6. The molecule has 0 aliphatic rings. The maximum absolute atomic E-state index is 12.7. The van der Waals surface area contributed by atoms with Gasteiger partial charge in [0.05, 0.1) is 0 Å². The molecule has 0 rings (SSSR count). The van der Waals surface area contributed by atoms with Crippen molar-refractivity contribution in [2.45, 2.75) is 253 Å². The lowest BCUT2D eigenvalue weighted by Gasteiger charge is -2.18. The van der Waals surface area contributed by atoms with E-state index in [1.54, 1.807) is 0 Å². The predicted molar refractivity (Wildman–Crippen MR) is 220 cm³/mol. The van der Waals surface area contributed by atoms with Crippen LogP contribution >= 0.6 is 0 Å². The topological polar surface area (TPSA) is 78.9 Å². The van der Waals surface area contributed by atoms with Gasteiger partial charge in [0.15, 0.2) is 6.10 Å². The highest BCUT2D eigenvalue weighted by Crippen LogP contribution is 2.17. The van der Waals surface area contributed by atoms with Crippen LogP contribution in [0.2, 0.25) is 0 Å². The van der Waals surface area contributed by atoms with Crippen LogP contribution in [-0.2, 0) is 28.6 Å². The average Bonchev–Trinajstić information content (AvgIpc) is 3.12. The first kappa shape index (κ1) is 50.4. The second-order valence-corrected chi connectivity index (χ2v) is 16.4. The van der Waals surface area contributed by atoms with E-state index in [1.165, 1.54) is 135 Å². The van der Waals surface area contributed by atoms with E-state index in [0.717, 1.165) is 69.6 Å². The summed E-state index contributed by atoms with van der Waals surface area (Å²) < 4.78 is 16.7. The Morgan fingerprint density at radius 1 is 0.404 bits per heavy atom. The zero-order chi connectivity index (χ0) is 38.3. The van der Waals surface area contributed by atoms with E-state index in [9.17, 15) is 14.4 Å². The minimum atomic E-state index is -0.761. The molecule has 0 amide bonds. The van der Waals surface area contributed by atoms with Gasteiger partial charge in [0.2, 0.25) is 0 Å². The van der Waals surface area contributed by atoms with Crippen LogP contribution in [0.5, 0.6) is 0 Å². The fourth-order valence-electron chi connectivity index (χ4n) is 6.72. The molecule has 2 atom stereocenters. The average molecular weight is 737 g/mol. The van der Waals surface area contributed by atoms with Crippen LogP contribution in [0.3, 0.4) is 0 Å². The van der Waals surface area contributed by atoms with Crippen LogP contribution in [0.1, 0.15) is 247 Å². The van der Waals surface area contributed by atoms with Crippen LogP contribution in [-0.4, -0.2) is 37.2 Å². The maximum Gasteiger partial charge on any atom is 0.306 e. The highest BCUT2D eigenvalue weighted by Gasteiger charge is 2.19.